The minimum absolute atomic E-state index is 0.0654. The first-order valence-electron chi connectivity index (χ1n) is 7.50. The number of amides is 1. The molecule has 0 fully saturated rings. The van der Waals surface area contributed by atoms with Crippen molar-refractivity contribution in [1.82, 2.24) is 0 Å². The van der Waals surface area contributed by atoms with Crippen LogP contribution in [0.2, 0.25) is 5.02 Å². The van der Waals surface area contributed by atoms with Gasteiger partial charge in [0.1, 0.15) is 18.2 Å². The number of benzene rings is 2. The van der Waals surface area contributed by atoms with Crippen LogP contribution in [-0.4, -0.2) is 19.6 Å². The van der Waals surface area contributed by atoms with E-state index < -0.39 is 5.91 Å². The smallest absolute Gasteiger partial charge is 0.266 e. The van der Waals surface area contributed by atoms with Gasteiger partial charge in [-0.3, -0.25) is 4.79 Å². The van der Waals surface area contributed by atoms with Crippen LogP contribution < -0.4 is 14.8 Å². The van der Waals surface area contributed by atoms with Gasteiger partial charge in [-0.1, -0.05) is 29.7 Å². The molecule has 1 N–H and O–H groups in total. The molecule has 0 aromatic heterocycles. The van der Waals surface area contributed by atoms with Crippen LogP contribution in [0, 0.1) is 23.7 Å². The summed E-state index contributed by atoms with van der Waals surface area (Å²) in [6, 6.07) is 13.6. The van der Waals surface area contributed by atoms with Gasteiger partial charge in [-0.2, -0.15) is 5.26 Å². The second-order valence-corrected chi connectivity index (χ2v) is 5.47. The van der Waals surface area contributed by atoms with E-state index in [0.717, 1.165) is 0 Å². The van der Waals surface area contributed by atoms with Crippen LogP contribution in [0.25, 0.3) is 6.08 Å². The largest absolute Gasteiger partial charge is 0.493 e. The van der Waals surface area contributed by atoms with Gasteiger partial charge < -0.3 is 14.8 Å². The maximum Gasteiger partial charge on any atom is 0.266 e. The molecule has 0 aliphatic carbocycles. The predicted molar refractivity (Wildman–Crippen MR) is 101 cm³/mol. The van der Waals surface area contributed by atoms with Gasteiger partial charge in [-0.15, -0.1) is 6.42 Å². The molecule has 130 valence electrons. The molecule has 0 radical (unpaired) electrons. The van der Waals surface area contributed by atoms with Crippen molar-refractivity contribution in [3.63, 3.8) is 0 Å². The number of methoxy groups -OCH3 is 1. The van der Waals surface area contributed by atoms with E-state index in [1.807, 2.05) is 6.07 Å². The van der Waals surface area contributed by atoms with Gasteiger partial charge in [-0.05, 0) is 42.0 Å². The van der Waals surface area contributed by atoms with E-state index >= 15 is 0 Å². The van der Waals surface area contributed by atoms with Crippen molar-refractivity contribution in [2.24, 2.45) is 0 Å². The topological polar surface area (TPSA) is 71.3 Å². The minimum Gasteiger partial charge on any atom is -0.493 e. The molecule has 0 bridgehead atoms. The molecule has 0 unspecified atom stereocenters. The molecule has 0 spiro atoms. The van der Waals surface area contributed by atoms with Crippen LogP contribution in [0.4, 0.5) is 5.69 Å². The normalized spacial score (nSPS) is 10.4. The van der Waals surface area contributed by atoms with Gasteiger partial charge in [0.25, 0.3) is 5.91 Å². The van der Waals surface area contributed by atoms with Crippen molar-refractivity contribution < 1.29 is 14.3 Å². The summed E-state index contributed by atoms with van der Waals surface area (Å²) in [5.41, 5.74) is 1.04. The van der Waals surface area contributed by atoms with Gasteiger partial charge in [0.05, 0.1) is 7.11 Å². The van der Waals surface area contributed by atoms with Gasteiger partial charge in [0.15, 0.2) is 11.5 Å². The molecule has 2 aromatic rings. The molecule has 2 aromatic carbocycles. The monoisotopic (exact) mass is 366 g/mol. The molecule has 1 amide bonds. The highest BCUT2D eigenvalue weighted by atomic mass is 35.5. The zero-order chi connectivity index (χ0) is 18.9. The molecule has 0 aliphatic heterocycles. The number of rotatable bonds is 6. The lowest BCUT2D eigenvalue weighted by atomic mass is 10.1. The Hall–Kier alpha value is -3.41. The first-order chi connectivity index (χ1) is 12.6. The van der Waals surface area contributed by atoms with Crippen LogP contribution >= 0.6 is 11.6 Å². The van der Waals surface area contributed by atoms with E-state index in [0.29, 0.717) is 27.8 Å². The van der Waals surface area contributed by atoms with Crippen molar-refractivity contribution in [2.75, 3.05) is 19.0 Å². The predicted octanol–water partition coefficient (Wildman–Crippen LogP) is 3.91. The Morgan fingerprint density at radius 3 is 2.77 bits per heavy atom. The summed E-state index contributed by atoms with van der Waals surface area (Å²) >= 11 is 5.89. The molecule has 0 saturated carbocycles. The Balaban J connectivity index is 2.23. The lowest BCUT2D eigenvalue weighted by Gasteiger charge is -2.09. The summed E-state index contributed by atoms with van der Waals surface area (Å²) in [5, 5.41) is 12.4. The molecule has 26 heavy (non-hydrogen) atoms. The van der Waals surface area contributed by atoms with Crippen molar-refractivity contribution in [3.8, 4) is 29.9 Å². The summed E-state index contributed by atoms with van der Waals surface area (Å²) in [5.74, 6) is 2.75. The maximum absolute atomic E-state index is 12.3. The fourth-order valence-corrected chi connectivity index (χ4v) is 2.28. The fourth-order valence-electron chi connectivity index (χ4n) is 2.09. The van der Waals surface area contributed by atoms with Crippen LogP contribution in [0.1, 0.15) is 5.56 Å². The number of terminal acetylenes is 1. The molecule has 0 atom stereocenters. The second-order valence-electron chi connectivity index (χ2n) is 5.04. The summed E-state index contributed by atoms with van der Waals surface area (Å²) in [7, 11) is 1.49. The number of hydrogen-bond donors (Lipinski definition) is 1. The number of nitriles is 1. The average Bonchev–Trinajstić information content (AvgIpc) is 2.64. The third kappa shape index (κ3) is 5.04. The highest BCUT2D eigenvalue weighted by Gasteiger charge is 2.11. The first kappa shape index (κ1) is 18.9. The first-order valence-corrected chi connectivity index (χ1v) is 7.88. The molecule has 0 saturated heterocycles. The van der Waals surface area contributed by atoms with E-state index in [1.54, 1.807) is 42.5 Å². The van der Waals surface area contributed by atoms with E-state index in [9.17, 15) is 10.1 Å². The fraction of sp³-hybridized carbons (Fsp3) is 0.100. The van der Waals surface area contributed by atoms with Crippen molar-refractivity contribution in [1.29, 1.82) is 5.26 Å². The van der Waals surface area contributed by atoms with Crippen LogP contribution in [0.5, 0.6) is 11.5 Å². The number of nitrogens with zero attached hydrogens (tertiary/aromatic N) is 1. The van der Waals surface area contributed by atoms with Gasteiger partial charge in [-0.25, -0.2) is 0 Å². The number of ether oxygens (including phenoxy) is 2. The Morgan fingerprint density at radius 2 is 2.12 bits per heavy atom. The van der Waals surface area contributed by atoms with Gasteiger partial charge in [0, 0.05) is 10.7 Å². The van der Waals surface area contributed by atoms with Gasteiger partial charge in [0.2, 0.25) is 0 Å². The zero-order valence-electron chi connectivity index (χ0n) is 14.0. The Bertz CT molecular complexity index is 923. The Morgan fingerprint density at radius 1 is 1.31 bits per heavy atom. The van der Waals surface area contributed by atoms with Gasteiger partial charge >= 0.3 is 0 Å². The molecular weight excluding hydrogens is 352 g/mol. The van der Waals surface area contributed by atoms with E-state index in [2.05, 4.69) is 11.2 Å². The van der Waals surface area contributed by atoms with Crippen LogP contribution in [0.3, 0.4) is 0 Å². The summed E-state index contributed by atoms with van der Waals surface area (Å²) in [4.78, 5) is 12.3. The van der Waals surface area contributed by atoms with Crippen molar-refractivity contribution in [3.05, 3.63) is 58.6 Å². The highest BCUT2D eigenvalue weighted by molar-refractivity contribution is 6.31. The maximum atomic E-state index is 12.3. The Kier molecular flexibility index (Phi) is 6.68. The third-order valence-electron chi connectivity index (χ3n) is 3.26. The van der Waals surface area contributed by atoms with E-state index in [4.69, 9.17) is 27.5 Å². The molecule has 0 heterocycles. The number of carbonyl (C=O) groups is 1. The standard InChI is InChI=1S/C20H15ClN2O3/c1-3-9-26-18-8-7-14(11-19(18)25-2)10-15(13-22)20(24)23-17-6-4-5-16(21)12-17/h1,4-8,10-12H,9H2,2H3,(H,23,24)/b15-10+. The Labute approximate surface area is 156 Å². The summed E-state index contributed by atoms with van der Waals surface area (Å²) in [6.45, 7) is 0.108. The molecule has 2 rings (SSSR count). The lowest BCUT2D eigenvalue weighted by Crippen LogP contribution is -2.13. The van der Waals surface area contributed by atoms with Crippen molar-refractivity contribution >= 4 is 29.3 Å². The SMILES string of the molecule is C#CCOc1ccc(/C=C(\C#N)C(=O)Nc2cccc(Cl)c2)cc1OC. The molecular formula is C20H15ClN2O3. The quantitative estimate of drug-likeness (QED) is 0.478. The highest BCUT2D eigenvalue weighted by Crippen LogP contribution is 2.29. The molecule has 6 heteroatoms. The minimum atomic E-state index is -0.540. The van der Waals surface area contributed by atoms with Crippen molar-refractivity contribution in [2.45, 2.75) is 0 Å². The van der Waals surface area contributed by atoms with E-state index in [-0.39, 0.29) is 12.2 Å². The van der Waals surface area contributed by atoms with E-state index in [1.165, 1.54) is 13.2 Å². The third-order valence-corrected chi connectivity index (χ3v) is 3.49. The summed E-state index contributed by atoms with van der Waals surface area (Å²) < 4.78 is 10.6. The van der Waals surface area contributed by atoms with Crippen LogP contribution in [-0.2, 0) is 4.79 Å². The molecule has 0 aliphatic rings. The summed E-state index contributed by atoms with van der Waals surface area (Å²) in [6.07, 6.45) is 6.63. The second kappa shape index (κ2) is 9.17. The number of nitrogens with one attached hydrogen (secondary N) is 1. The average molecular weight is 367 g/mol. The number of halogens is 1. The lowest BCUT2D eigenvalue weighted by molar-refractivity contribution is -0.112. The zero-order valence-corrected chi connectivity index (χ0v) is 14.7. The number of carbonyl (C=O) groups excluding carboxylic acids is 1. The van der Waals surface area contributed by atoms with Crippen LogP contribution in [0.15, 0.2) is 48.0 Å². The number of anilines is 1. The number of hydrogen-bond acceptors (Lipinski definition) is 4. The molecule has 5 nitrogen and oxygen atoms in total.